The lowest BCUT2D eigenvalue weighted by molar-refractivity contribution is -0.144. The molecule has 1 aliphatic heterocycles. The lowest BCUT2D eigenvalue weighted by atomic mass is 10.1. The highest BCUT2D eigenvalue weighted by atomic mass is 19.1. The number of carboxylic acid groups (broad SMARTS) is 1. The molecular formula is C17H21FN2O6. The third kappa shape index (κ3) is 4.62. The molecule has 0 aromatic heterocycles. The monoisotopic (exact) mass is 368 g/mol. The Hall–Kier alpha value is -2.84. The number of ether oxygens (including phenoxy) is 2. The molecule has 0 spiro atoms. The van der Waals surface area contributed by atoms with Crippen molar-refractivity contribution in [2.45, 2.75) is 44.9 Å². The Bertz CT molecular complexity index is 730. The van der Waals surface area contributed by atoms with Crippen LogP contribution in [0.5, 0.6) is 5.75 Å². The second-order valence-corrected chi connectivity index (χ2v) is 6.92. The van der Waals surface area contributed by atoms with Crippen LogP contribution in [0.4, 0.5) is 14.9 Å². The number of aliphatic carboxylic acids is 1. The fourth-order valence-corrected chi connectivity index (χ4v) is 2.37. The van der Waals surface area contributed by atoms with E-state index in [1.165, 1.54) is 13.1 Å². The predicted octanol–water partition coefficient (Wildman–Crippen LogP) is 2.24. The normalized spacial score (nSPS) is 17.4. The number of fused-ring (bicyclic) bond motifs is 1. The number of carbonyl (C=O) groups is 3. The number of halogens is 1. The van der Waals surface area contributed by atoms with Crippen LogP contribution in [0, 0.1) is 5.82 Å². The Morgan fingerprint density at radius 2 is 2.08 bits per heavy atom. The van der Waals surface area contributed by atoms with Crippen LogP contribution in [0.1, 0.15) is 27.2 Å². The highest BCUT2D eigenvalue weighted by Crippen LogP contribution is 2.31. The van der Waals surface area contributed by atoms with Crippen LogP contribution in [0.25, 0.3) is 0 Å². The maximum atomic E-state index is 13.2. The van der Waals surface area contributed by atoms with Crippen molar-refractivity contribution in [1.82, 2.24) is 4.90 Å². The predicted molar refractivity (Wildman–Crippen MR) is 89.5 cm³/mol. The molecule has 0 aliphatic carbocycles. The van der Waals surface area contributed by atoms with Gasteiger partial charge >= 0.3 is 12.1 Å². The van der Waals surface area contributed by atoms with Gasteiger partial charge in [-0.1, -0.05) is 0 Å². The van der Waals surface area contributed by atoms with Gasteiger partial charge in [-0.15, -0.1) is 0 Å². The van der Waals surface area contributed by atoms with Gasteiger partial charge in [-0.25, -0.2) is 14.0 Å². The van der Waals surface area contributed by atoms with E-state index in [0.717, 1.165) is 17.0 Å². The van der Waals surface area contributed by atoms with Gasteiger partial charge in [0.2, 0.25) is 0 Å². The van der Waals surface area contributed by atoms with E-state index in [2.05, 4.69) is 5.32 Å². The van der Waals surface area contributed by atoms with E-state index in [4.69, 9.17) is 9.47 Å². The molecule has 1 aromatic carbocycles. The highest BCUT2D eigenvalue weighted by molar-refractivity contribution is 5.98. The van der Waals surface area contributed by atoms with Crippen LogP contribution in [-0.2, 0) is 14.3 Å². The van der Waals surface area contributed by atoms with Gasteiger partial charge in [-0.2, -0.15) is 0 Å². The van der Waals surface area contributed by atoms with Crippen LogP contribution in [0.3, 0.4) is 0 Å². The van der Waals surface area contributed by atoms with Crippen molar-refractivity contribution in [3.05, 3.63) is 24.0 Å². The lowest BCUT2D eigenvalue weighted by Gasteiger charge is -2.32. The lowest BCUT2D eigenvalue weighted by Crippen LogP contribution is -2.49. The van der Waals surface area contributed by atoms with E-state index in [9.17, 15) is 23.9 Å². The van der Waals surface area contributed by atoms with Crippen molar-refractivity contribution in [2.24, 2.45) is 0 Å². The summed E-state index contributed by atoms with van der Waals surface area (Å²) in [4.78, 5) is 36.8. The van der Waals surface area contributed by atoms with E-state index in [1.54, 1.807) is 20.8 Å². The fraction of sp³-hybridized carbons (Fsp3) is 0.471. The molecule has 2 rings (SSSR count). The molecule has 2 N–H and O–H groups in total. The van der Waals surface area contributed by atoms with E-state index in [1.807, 2.05) is 0 Å². The van der Waals surface area contributed by atoms with E-state index < -0.39 is 41.5 Å². The molecule has 142 valence electrons. The third-order valence-electron chi connectivity index (χ3n) is 3.63. The first-order valence-corrected chi connectivity index (χ1v) is 7.93. The van der Waals surface area contributed by atoms with Gasteiger partial charge < -0.3 is 19.9 Å². The maximum absolute atomic E-state index is 13.2. The molecule has 0 saturated carbocycles. The van der Waals surface area contributed by atoms with Crippen molar-refractivity contribution in [1.29, 1.82) is 0 Å². The summed E-state index contributed by atoms with van der Waals surface area (Å²) >= 11 is 0. The van der Waals surface area contributed by atoms with E-state index >= 15 is 0 Å². The molecule has 0 radical (unpaired) electrons. The van der Waals surface area contributed by atoms with Gasteiger partial charge in [0.05, 0.1) is 5.69 Å². The van der Waals surface area contributed by atoms with Crippen LogP contribution >= 0.6 is 0 Å². The number of hydrogen-bond acceptors (Lipinski definition) is 5. The zero-order valence-corrected chi connectivity index (χ0v) is 14.9. The summed E-state index contributed by atoms with van der Waals surface area (Å²) in [6.45, 7) is 4.97. The Labute approximate surface area is 149 Å². The molecule has 0 bridgehead atoms. The molecule has 1 aromatic rings. The first kappa shape index (κ1) is 19.5. The van der Waals surface area contributed by atoms with Gasteiger partial charge in [0.15, 0.2) is 6.10 Å². The van der Waals surface area contributed by atoms with Crippen LogP contribution in [0.15, 0.2) is 18.2 Å². The van der Waals surface area contributed by atoms with Crippen molar-refractivity contribution < 1.29 is 33.4 Å². The van der Waals surface area contributed by atoms with Gasteiger partial charge in [0, 0.05) is 19.5 Å². The van der Waals surface area contributed by atoms with Gasteiger partial charge in [0.1, 0.15) is 23.2 Å². The Morgan fingerprint density at radius 3 is 2.65 bits per heavy atom. The molecule has 0 fully saturated rings. The molecular weight excluding hydrogens is 347 g/mol. The van der Waals surface area contributed by atoms with Gasteiger partial charge in [-0.3, -0.25) is 9.69 Å². The molecule has 9 heteroatoms. The van der Waals surface area contributed by atoms with Crippen molar-refractivity contribution >= 4 is 23.7 Å². The van der Waals surface area contributed by atoms with Crippen molar-refractivity contribution in [2.75, 3.05) is 12.4 Å². The maximum Gasteiger partial charge on any atom is 0.410 e. The standard InChI is InChI=1S/C17H21FN2O6/c1-17(2,3)26-16(24)20(4)11(15(22)23)8-13-14(21)19-10-7-9(18)5-6-12(10)25-13/h5-7,11,13H,8H2,1-4H3,(H,19,21)(H,22,23)/t11?,13-/m0/s1. The van der Waals surface area contributed by atoms with Crippen LogP contribution in [-0.4, -0.2) is 52.8 Å². The molecule has 2 amide bonds. The summed E-state index contributed by atoms with van der Waals surface area (Å²) in [6, 6.07) is 2.26. The molecule has 2 atom stereocenters. The summed E-state index contributed by atoms with van der Waals surface area (Å²) in [5, 5.41) is 11.9. The average molecular weight is 368 g/mol. The first-order chi connectivity index (χ1) is 12.0. The van der Waals surface area contributed by atoms with Crippen LogP contribution in [0.2, 0.25) is 0 Å². The van der Waals surface area contributed by atoms with Crippen molar-refractivity contribution in [3.63, 3.8) is 0 Å². The van der Waals surface area contributed by atoms with E-state index in [0.29, 0.717) is 0 Å². The number of carboxylic acids is 1. The average Bonchev–Trinajstić information content (AvgIpc) is 2.50. The molecule has 0 saturated heterocycles. The molecule has 1 heterocycles. The summed E-state index contributed by atoms with van der Waals surface area (Å²) in [7, 11) is 1.27. The highest BCUT2D eigenvalue weighted by Gasteiger charge is 2.37. The minimum atomic E-state index is -1.34. The van der Waals surface area contributed by atoms with Gasteiger partial charge in [-0.05, 0) is 32.9 Å². The Kier molecular flexibility index (Phi) is 5.38. The number of benzene rings is 1. The zero-order chi connectivity index (χ0) is 19.6. The molecule has 26 heavy (non-hydrogen) atoms. The van der Waals surface area contributed by atoms with E-state index in [-0.39, 0.29) is 17.9 Å². The number of nitrogens with zero attached hydrogens (tertiary/aromatic N) is 1. The minimum absolute atomic E-state index is 0.165. The molecule has 1 aliphatic rings. The molecule has 1 unspecified atom stereocenters. The van der Waals surface area contributed by atoms with Crippen molar-refractivity contribution in [3.8, 4) is 5.75 Å². The number of hydrogen-bond donors (Lipinski definition) is 2. The summed E-state index contributed by atoms with van der Waals surface area (Å²) in [6.07, 6.45) is -2.28. The topological polar surface area (TPSA) is 105 Å². The summed E-state index contributed by atoms with van der Waals surface area (Å²) < 4.78 is 23.9. The Morgan fingerprint density at radius 1 is 1.42 bits per heavy atom. The summed E-state index contributed by atoms with van der Waals surface area (Å²) in [5.41, 5.74) is -0.630. The second kappa shape index (κ2) is 7.19. The largest absolute Gasteiger partial charge is 0.480 e. The quantitative estimate of drug-likeness (QED) is 0.844. The zero-order valence-electron chi connectivity index (χ0n) is 14.9. The number of nitrogens with one attached hydrogen (secondary N) is 1. The first-order valence-electron chi connectivity index (χ1n) is 7.93. The van der Waals surface area contributed by atoms with Gasteiger partial charge in [0.25, 0.3) is 5.91 Å². The second-order valence-electron chi connectivity index (χ2n) is 6.92. The Balaban J connectivity index is 2.15. The molecule has 8 nitrogen and oxygen atoms in total. The smallest absolute Gasteiger partial charge is 0.410 e. The number of likely N-dealkylation sites (N-methyl/N-ethyl adjacent to an activating group) is 1. The SMILES string of the molecule is CN(C(=O)OC(C)(C)C)C(C[C@@H]1Oc2ccc(F)cc2NC1=O)C(=O)O. The fourth-order valence-electron chi connectivity index (χ4n) is 2.37. The minimum Gasteiger partial charge on any atom is -0.480 e. The summed E-state index contributed by atoms with van der Waals surface area (Å²) in [5.74, 6) is -2.24. The third-order valence-corrected chi connectivity index (χ3v) is 3.63. The number of carbonyl (C=O) groups excluding carboxylic acids is 2. The number of rotatable bonds is 4. The number of amides is 2. The number of anilines is 1. The van der Waals surface area contributed by atoms with Crippen LogP contribution < -0.4 is 10.1 Å².